The largest absolute Gasteiger partial charge is 0.339 e. The molecule has 1 aromatic carbocycles. The molecular formula is C14H15N3O. The molecule has 2 rings (SSSR count). The highest BCUT2D eigenvalue weighted by Crippen LogP contribution is 2.16. The van der Waals surface area contributed by atoms with Crippen molar-refractivity contribution in [2.45, 2.75) is 20.0 Å². The minimum Gasteiger partial charge on any atom is -0.339 e. The predicted molar refractivity (Wildman–Crippen MR) is 70.7 cm³/mol. The molecule has 1 aromatic heterocycles. The molecular weight excluding hydrogens is 226 g/mol. The van der Waals surface area contributed by atoms with Crippen LogP contribution in [0.25, 0.3) is 11.0 Å². The highest BCUT2D eigenvalue weighted by molar-refractivity contribution is 5.76. The molecule has 92 valence electrons. The summed E-state index contributed by atoms with van der Waals surface area (Å²) in [5.74, 6) is 3.45. The molecule has 0 bridgehead atoms. The third-order valence-electron chi connectivity index (χ3n) is 2.90. The van der Waals surface area contributed by atoms with E-state index in [9.17, 15) is 4.79 Å². The van der Waals surface area contributed by atoms with Gasteiger partial charge in [-0.3, -0.25) is 4.79 Å². The Bertz CT molecular complexity index is 621. The number of carbonyl (C=O) groups excluding carboxylic acids is 1. The van der Waals surface area contributed by atoms with Crippen LogP contribution in [0.5, 0.6) is 0 Å². The number of carbonyl (C=O) groups is 1. The summed E-state index contributed by atoms with van der Waals surface area (Å²) < 4.78 is 1.97. The van der Waals surface area contributed by atoms with E-state index in [2.05, 4.69) is 10.9 Å². The molecule has 0 fully saturated rings. The second-order valence-electron chi connectivity index (χ2n) is 4.18. The minimum atomic E-state index is 0.00862. The molecule has 0 spiro atoms. The Hall–Kier alpha value is -2.28. The third-order valence-corrected chi connectivity index (χ3v) is 2.90. The fourth-order valence-electron chi connectivity index (χ4n) is 1.84. The number of terminal acetylenes is 1. The van der Waals surface area contributed by atoms with Crippen LogP contribution >= 0.6 is 0 Å². The lowest BCUT2D eigenvalue weighted by atomic mass is 10.3. The van der Waals surface area contributed by atoms with Crippen molar-refractivity contribution in [3.05, 3.63) is 30.1 Å². The van der Waals surface area contributed by atoms with E-state index in [4.69, 9.17) is 6.42 Å². The average molecular weight is 241 g/mol. The van der Waals surface area contributed by atoms with Crippen molar-refractivity contribution in [1.82, 2.24) is 14.5 Å². The predicted octanol–water partition coefficient (Wildman–Crippen LogP) is 1.65. The van der Waals surface area contributed by atoms with Crippen LogP contribution in [-0.4, -0.2) is 27.4 Å². The average Bonchev–Trinajstić information content (AvgIpc) is 2.68. The molecule has 2 aromatic rings. The Morgan fingerprint density at radius 3 is 2.89 bits per heavy atom. The lowest BCUT2D eigenvalue weighted by Crippen LogP contribution is -2.25. The van der Waals surface area contributed by atoms with Gasteiger partial charge in [-0.1, -0.05) is 18.1 Å². The van der Waals surface area contributed by atoms with E-state index in [0.29, 0.717) is 13.1 Å². The summed E-state index contributed by atoms with van der Waals surface area (Å²) >= 11 is 0. The molecule has 0 aliphatic heterocycles. The molecule has 1 amide bonds. The van der Waals surface area contributed by atoms with Gasteiger partial charge in [0, 0.05) is 14.0 Å². The molecule has 4 nitrogen and oxygen atoms in total. The van der Waals surface area contributed by atoms with Crippen LogP contribution in [0, 0.1) is 12.3 Å². The highest BCUT2D eigenvalue weighted by atomic mass is 16.2. The minimum absolute atomic E-state index is 0.00862. The molecule has 0 saturated carbocycles. The Morgan fingerprint density at radius 1 is 1.50 bits per heavy atom. The molecule has 0 saturated heterocycles. The van der Waals surface area contributed by atoms with Gasteiger partial charge in [0.25, 0.3) is 0 Å². The summed E-state index contributed by atoms with van der Waals surface area (Å²) in [4.78, 5) is 17.4. The van der Waals surface area contributed by atoms with Crippen molar-refractivity contribution < 1.29 is 4.79 Å². The van der Waals surface area contributed by atoms with Gasteiger partial charge in [0.15, 0.2) is 0 Å². The zero-order valence-electron chi connectivity index (χ0n) is 10.6. The second-order valence-corrected chi connectivity index (χ2v) is 4.18. The maximum Gasteiger partial charge on any atom is 0.219 e. The SMILES string of the molecule is C#CCn1c(CN(C)C(C)=O)nc2ccccc21. The van der Waals surface area contributed by atoms with Gasteiger partial charge in [0.2, 0.25) is 5.91 Å². The Labute approximate surface area is 106 Å². The lowest BCUT2D eigenvalue weighted by Gasteiger charge is -2.14. The van der Waals surface area contributed by atoms with Crippen LogP contribution in [-0.2, 0) is 17.9 Å². The number of benzene rings is 1. The number of para-hydroxylation sites is 2. The molecule has 0 radical (unpaired) electrons. The van der Waals surface area contributed by atoms with Crippen molar-refractivity contribution in [3.8, 4) is 12.3 Å². The first-order chi connectivity index (χ1) is 8.63. The first-order valence-electron chi connectivity index (χ1n) is 5.72. The highest BCUT2D eigenvalue weighted by Gasteiger charge is 2.12. The first kappa shape index (κ1) is 12.2. The van der Waals surface area contributed by atoms with E-state index in [1.54, 1.807) is 11.9 Å². The maximum atomic E-state index is 11.3. The molecule has 18 heavy (non-hydrogen) atoms. The summed E-state index contributed by atoms with van der Waals surface area (Å²) in [6.45, 7) is 2.46. The molecule has 1 heterocycles. The van der Waals surface area contributed by atoms with Crippen molar-refractivity contribution in [1.29, 1.82) is 0 Å². The van der Waals surface area contributed by atoms with E-state index in [-0.39, 0.29) is 5.91 Å². The first-order valence-corrected chi connectivity index (χ1v) is 5.72. The number of rotatable bonds is 3. The summed E-state index contributed by atoms with van der Waals surface area (Å²) in [5.41, 5.74) is 1.90. The topological polar surface area (TPSA) is 38.1 Å². The van der Waals surface area contributed by atoms with Crippen LogP contribution in [0.1, 0.15) is 12.7 Å². The van der Waals surface area contributed by atoms with Crippen molar-refractivity contribution in [2.75, 3.05) is 7.05 Å². The molecule has 0 atom stereocenters. The Morgan fingerprint density at radius 2 is 2.22 bits per heavy atom. The molecule has 0 aliphatic rings. The van der Waals surface area contributed by atoms with Gasteiger partial charge < -0.3 is 9.47 Å². The number of aromatic nitrogens is 2. The zero-order chi connectivity index (χ0) is 13.1. The Balaban J connectivity index is 2.46. The van der Waals surface area contributed by atoms with E-state index in [1.165, 1.54) is 6.92 Å². The van der Waals surface area contributed by atoms with Gasteiger partial charge in [-0.05, 0) is 12.1 Å². The number of imidazole rings is 1. The monoisotopic (exact) mass is 241 g/mol. The zero-order valence-corrected chi connectivity index (χ0v) is 10.6. The van der Waals surface area contributed by atoms with Crippen LogP contribution in [0.15, 0.2) is 24.3 Å². The fraction of sp³-hybridized carbons (Fsp3) is 0.286. The second kappa shape index (κ2) is 4.92. The van der Waals surface area contributed by atoms with Gasteiger partial charge in [-0.25, -0.2) is 4.98 Å². The molecule has 0 aliphatic carbocycles. The number of amides is 1. The number of hydrogen-bond acceptors (Lipinski definition) is 2. The third kappa shape index (κ3) is 2.21. The summed E-state index contributed by atoms with van der Waals surface area (Å²) in [6.07, 6.45) is 5.39. The number of fused-ring (bicyclic) bond motifs is 1. The normalized spacial score (nSPS) is 10.3. The number of nitrogens with zero attached hydrogens (tertiary/aromatic N) is 3. The fourth-order valence-corrected chi connectivity index (χ4v) is 1.84. The van der Waals surface area contributed by atoms with Gasteiger partial charge >= 0.3 is 0 Å². The molecule has 4 heteroatoms. The summed E-state index contributed by atoms with van der Waals surface area (Å²) in [7, 11) is 1.75. The van der Waals surface area contributed by atoms with Crippen LogP contribution in [0.4, 0.5) is 0 Å². The smallest absolute Gasteiger partial charge is 0.219 e. The molecule has 0 unspecified atom stereocenters. The van der Waals surface area contributed by atoms with E-state index < -0.39 is 0 Å². The lowest BCUT2D eigenvalue weighted by molar-refractivity contribution is -0.128. The van der Waals surface area contributed by atoms with Gasteiger partial charge in [-0.2, -0.15) is 0 Å². The van der Waals surface area contributed by atoms with Crippen molar-refractivity contribution >= 4 is 16.9 Å². The van der Waals surface area contributed by atoms with Gasteiger partial charge in [-0.15, -0.1) is 6.42 Å². The quantitative estimate of drug-likeness (QED) is 0.766. The number of hydrogen-bond donors (Lipinski definition) is 0. The standard InChI is InChI=1S/C14H15N3O/c1-4-9-17-13-8-6-5-7-12(13)15-14(17)10-16(3)11(2)18/h1,5-8H,9-10H2,2-3H3. The van der Waals surface area contributed by atoms with Crippen LogP contribution < -0.4 is 0 Å². The summed E-state index contributed by atoms with van der Waals surface area (Å²) in [6, 6.07) is 7.82. The molecule has 0 N–H and O–H groups in total. The van der Waals surface area contributed by atoms with Crippen molar-refractivity contribution in [3.63, 3.8) is 0 Å². The summed E-state index contributed by atoms with van der Waals surface area (Å²) in [5, 5.41) is 0. The van der Waals surface area contributed by atoms with Crippen molar-refractivity contribution in [2.24, 2.45) is 0 Å². The van der Waals surface area contributed by atoms with Crippen LogP contribution in [0.3, 0.4) is 0 Å². The van der Waals surface area contributed by atoms with Gasteiger partial charge in [0.1, 0.15) is 5.82 Å². The Kier molecular flexibility index (Phi) is 3.33. The van der Waals surface area contributed by atoms with E-state index >= 15 is 0 Å². The van der Waals surface area contributed by atoms with E-state index in [0.717, 1.165) is 16.9 Å². The maximum absolute atomic E-state index is 11.3. The van der Waals surface area contributed by atoms with Gasteiger partial charge in [0.05, 0.1) is 24.1 Å². The van der Waals surface area contributed by atoms with Crippen LogP contribution in [0.2, 0.25) is 0 Å². The van der Waals surface area contributed by atoms with E-state index in [1.807, 2.05) is 28.8 Å².